The highest BCUT2D eigenvalue weighted by Gasteiger charge is 2.66. The van der Waals surface area contributed by atoms with Crippen molar-refractivity contribution in [2.45, 2.75) is 75.5 Å². The Balaban J connectivity index is 1.04. The van der Waals surface area contributed by atoms with Crippen molar-refractivity contribution in [3.05, 3.63) is 160 Å². The third kappa shape index (κ3) is 7.22. The second kappa shape index (κ2) is 16.5. The Kier molecular flexibility index (Phi) is 11.1. The number of aliphatic hydroxyl groups excluding tert-OH is 1. The van der Waals surface area contributed by atoms with Gasteiger partial charge in [-0.1, -0.05) is 119 Å². The van der Waals surface area contributed by atoms with E-state index in [0.717, 1.165) is 56.0 Å². The number of para-hydroxylation sites is 1. The van der Waals surface area contributed by atoms with Crippen LogP contribution in [0.5, 0.6) is 5.75 Å². The largest absolute Gasteiger partial charge is 0.497 e. The van der Waals surface area contributed by atoms with Gasteiger partial charge in [-0.05, 0) is 83.6 Å². The van der Waals surface area contributed by atoms with Crippen LogP contribution < -0.4 is 19.7 Å². The lowest BCUT2D eigenvalue weighted by atomic mass is 9.82. The van der Waals surface area contributed by atoms with E-state index in [0.29, 0.717) is 31.6 Å². The van der Waals surface area contributed by atoms with Crippen molar-refractivity contribution in [1.82, 2.24) is 15.0 Å². The maximum absolute atomic E-state index is 15.4. The van der Waals surface area contributed by atoms with Crippen LogP contribution in [0.1, 0.15) is 53.6 Å². The number of nitrogens with zero attached hydrogens (tertiary/aromatic N) is 5. The van der Waals surface area contributed by atoms with Crippen molar-refractivity contribution in [2.75, 3.05) is 23.5 Å². The van der Waals surface area contributed by atoms with E-state index in [4.69, 9.17) is 9.47 Å². The lowest BCUT2D eigenvalue weighted by molar-refractivity contribution is -0.146. The summed E-state index contributed by atoms with van der Waals surface area (Å²) < 4.78 is 15.7. The summed E-state index contributed by atoms with van der Waals surface area (Å²) in [7, 11) is -0.711. The molecule has 1 unspecified atom stereocenters. The highest BCUT2D eigenvalue weighted by Crippen LogP contribution is 2.60. The number of amides is 2. The Morgan fingerprint density at radius 2 is 1.66 bits per heavy atom. The zero-order valence-corrected chi connectivity index (χ0v) is 37.5. The first kappa shape index (κ1) is 41.0. The maximum atomic E-state index is 15.4. The summed E-state index contributed by atoms with van der Waals surface area (Å²) in [6, 6.07) is 40.4. The second-order valence-corrected chi connectivity index (χ2v) is 22.7. The van der Waals surface area contributed by atoms with E-state index < -0.39 is 13.7 Å². The van der Waals surface area contributed by atoms with Gasteiger partial charge in [0.2, 0.25) is 5.91 Å². The molecule has 5 atom stereocenters. The minimum absolute atomic E-state index is 0.0402. The van der Waals surface area contributed by atoms with Crippen LogP contribution in [0.2, 0.25) is 18.6 Å². The number of aryl methyl sites for hydroxylation is 2. The molecule has 0 bridgehead atoms. The molecular weight excluding hydrogens is 847 g/mol. The number of fused-ring (bicyclic) bond motifs is 3. The summed E-state index contributed by atoms with van der Waals surface area (Å²) in [6.07, 6.45) is 3.45. The minimum Gasteiger partial charge on any atom is -0.497 e. The van der Waals surface area contributed by atoms with E-state index in [2.05, 4.69) is 70.5 Å². The van der Waals surface area contributed by atoms with E-state index >= 15 is 4.79 Å². The van der Waals surface area contributed by atoms with Gasteiger partial charge in [-0.25, -0.2) is 0 Å². The molecule has 9 rings (SSSR count). The van der Waals surface area contributed by atoms with E-state index in [1.165, 1.54) is 5.19 Å². The van der Waals surface area contributed by atoms with Crippen LogP contribution in [0, 0.1) is 5.92 Å². The van der Waals surface area contributed by atoms with Gasteiger partial charge in [-0.2, -0.15) is 0 Å². The van der Waals surface area contributed by atoms with E-state index in [1.54, 1.807) is 7.11 Å². The van der Waals surface area contributed by atoms with Gasteiger partial charge in [-0.15, -0.1) is 5.10 Å². The number of halogens is 1. The molecule has 1 fully saturated rings. The number of carbonyl (C=O) groups excluding carboxylic acids is 2. The van der Waals surface area contributed by atoms with Crippen molar-refractivity contribution < 1.29 is 24.2 Å². The molecule has 0 aliphatic carbocycles. The lowest BCUT2D eigenvalue weighted by Crippen LogP contribution is -2.51. The average molecular weight is 897 g/mol. The molecule has 2 amide bonds. The molecule has 0 radical (unpaired) electrons. The molecule has 1 spiro atoms. The zero-order chi connectivity index (χ0) is 42.5. The fraction of sp³-hybridized carbons (Fsp3) is 0.306. The summed E-state index contributed by atoms with van der Waals surface area (Å²) in [4.78, 5) is 32.3. The monoisotopic (exact) mass is 895 g/mol. The number of methoxy groups -OCH3 is 1. The van der Waals surface area contributed by atoms with Crippen LogP contribution in [-0.2, 0) is 39.4 Å². The zero-order valence-electron chi connectivity index (χ0n) is 34.9. The maximum Gasteiger partial charge on any atom is 0.264 e. The number of benzene rings is 5. The number of carbonyl (C=O) groups is 2. The first-order valence-electron chi connectivity index (χ1n) is 21.0. The molecule has 10 nitrogen and oxygen atoms in total. The SMILES string of the molecule is COc1ccc([Si](C)(C)[C@H]2[C@H](CCn3cc(C(CO)c4ccccc4)nn3)O[C@@]3(C(=O)N(Cc4ccc(N5C(=O)CCc6ccccc65)cc4)c4ccc(Br)cc43)[C@@H]2C)cc1. The van der Waals surface area contributed by atoms with Crippen molar-refractivity contribution in [1.29, 1.82) is 0 Å². The summed E-state index contributed by atoms with van der Waals surface area (Å²) in [5.74, 6) is 0.346. The number of hydrogen-bond donors (Lipinski definition) is 1. The smallest absolute Gasteiger partial charge is 0.264 e. The Hall–Kier alpha value is -5.40. The summed E-state index contributed by atoms with van der Waals surface area (Å²) in [5, 5.41) is 20.6. The number of aliphatic hydroxyl groups is 1. The van der Waals surface area contributed by atoms with Crippen LogP contribution in [-0.4, -0.2) is 59.8 Å². The van der Waals surface area contributed by atoms with Gasteiger partial charge in [0, 0.05) is 40.8 Å². The summed E-state index contributed by atoms with van der Waals surface area (Å²) in [6.45, 7) is 7.77. The third-order valence-electron chi connectivity index (χ3n) is 13.4. The molecular formula is C49H50BrN5O5Si. The third-order valence-corrected chi connectivity index (χ3v) is 18.2. The molecule has 3 aliphatic rings. The molecule has 12 heteroatoms. The number of anilines is 3. The van der Waals surface area contributed by atoms with E-state index in [-0.39, 0.29) is 41.9 Å². The van der Waals surface area contributed by atoms with Crippen LogP contribution in [0.3, 0.4) is 0 Å². The predicted octanol–water partition coefficient (Wildman–Crippen LogP) is 8.64. The molecule has 6 aromatic rings. The minimum atomic E-state index is -2.39. The highest BCUT2D eigenvalue weighted by molar-refractivity contribution is 9.10. The van der Waals surface area contributed by atoms with E-state index in [1.807, 2.05) is 118 Å². The number of ether oxygens (including phenoxy) is 2. The van der Waals surface area contributed by atoms with Gasteiger partial charge >= 0.3 is 0 Å². The normalized spacial score (nSPS) is 21.5. The van der Waals surface area contributed by atoms with Gasteiger partial charge in [0.05, 0.1) is 57.4 Å². The molecule has 1 aromatic heterocycles. The average Bonchev–Trinajstić information content (AvgIpc) is 3.94. The van der Waals surface area contributed by atoms with Crippen LogP contribution in [0.25, 0.3) is 0 Å². The molecule has 1 saturated heterocycles. The van der Waals surface area contributed by atoms with Gasteiger partial charge in [0.15, 0.2) is 5.60 Å². The summed E-state index contributed by atoms with van der Waals surface area (Å²) in [5.41, 5.74) is 6.05. The Labute approximate surface area is 366 Å². The topological polar surface area (TPSA) is 110 Å². The molecule has 312 valence electrons. The standard InChI is InChI=1S/C49H50BrN5O5Si/c1-32-47(61(3,4)39-22-20-38(59-2)21-23-39)45(26-27-53-30-42(51-52-53)40(31-56)34-10-6-5-7-11-34)60-49(32)41-28-36(50)17-24-44(41)54(48(49)58)29-33-14-18-37(19-15-33)55-43-13-9-8-12-35(43)16-25-46(55)57/h5-15,17-24,28,30,32,40,45,47,56H,16,25-27,29,31H2,1-4H3/t32-,40?,45+,47-,49+/m1/s1. The first-order valence-corrected chi connectivity index (χ1v) is 24.9. The van der Waals surface area contributed by atoms with E-state index in [9.17, 15) is 9.90 Å². The van der Waals surface area contributed by atoms with Crippen LogP contribution in [0.4, 0.5) is 17.1 Å². The molecule has 61 heavy (non-hydrogen) atoms. The van der Waals surface area contributed by atoms with Gasteiger partial charge in [0.1, 0.15) is 5.75 Å². The molecule has 4 heterocycles. The van der Waals surface area contributed by atoms with Crippen molar-refractivity contribution >= 4 is 58.1 Å². The summed E-state index contributed by atoms with van der Waals surface area (Å²) >= 11 is 3.75. The van der Waals surface area contributed by atoms with Crippen molar-refractivity contribution in [3.63, 3.8) is 0 Å². The first-order chi connectivity index (χ1) is 29.5. The van der Waals surface area contributed by atoms with Crippen molar-refractivity contribution in [3.8, 4) is 5.75 Å². The second-order valence-electron chi connectivity index (χ2n) is 17.1. The van der Waals surface area contributed by atoms with Gasteiger partial charge < -0.3 is 19.5 Å². The predicted molar refractivity (Wildman–Crippen MR) is 243 cm³/mol. The highest BCUT2D eigenvalue weighted by atomic mass is 79.9. The quantitative estimate of drug-likeness (QED) is 0.123. The van der Waals surface area contributed by atoms with Gasteiger partial charge in [0.25, 0.3) is 5.91 Å². The van der Waals surface area contributed by atoms with Crippen LogP contribution >= 0.6 is 15.9 Å². The fourth-order valence-corrected chi connectivity index (χ4v) is 14.7. The number of rotatable bonds is 12. The lowest BCUT2D eigenvalue weighted by Gasteiger charge is -2.37. The fourth-order valence-electron chi connectivity index (χ4n) is 10.3. The Morgan fingerprint density at radius 3 is 2.39 bits per heavy atom. The molecule has 5 aromatic carbocycles. The Morgan fingerprint density at radius 1 is 0.918 bits per heavy atom. The number of hydrogen-bond acceptors (Lipinski definition) is 7. The van der Waals surface area contributed by atoms with Crippen molar-refractivity contribution in [2.24, 2.45) is 5.92 Å². The molecule has 1 N–H and O–H groups in total. The van der Waals surface area contributed by atoms with Gasteiger partial charge in [-0.3, -0.25) is 19.2 Å². The Bertz CT molecular complexity index is 2570. The number of aromatic nitrogens is 3. The molecule has 3 aliphatic heterocycles. The molecule has 0 saturated carbocycles. The van der Waals surface area contributed by atoms with Crippen LogP contribution in [0.15, 0.2) is 132 Å².